The third kappa shape index (κ3) is 4.39. The second-order valence-corrected chi connectivity index (χ2v) is 6.71. The van der Waals surface area contributed by atoms with Crippen LogP contribution >= 0.6 is 15.9 Å². The fraction of sp³-hybridized carbons (Fsp3) is 0.238. The van der Waals surface area contributed by atoms with Crippen LogP contribution in [0.3, 0.4) is 0 Å². The highest BCUT2D eigenvalue weighted by Gasteiger charge is 2.27. The number of hydrogen-bond donors (Lipinski definition) is 0. The Balaban J connectivity index is 2.00. The first kappa shape index (κ1) is 19.2. The molecule has 0 aliphatic carbocycles. The molecular formula is C21H20BrNO4. The van der Waals surface area contributed by atoms with Crippen LogP contribution in [0.15, 0.2) is 57.7 Å². The monoisotopic (exact) mass is 429 g/mol. The summed E-state index contributed by atoms with van der Waals surface area (Å²) in [5.41, 5.74) is 2.52. The van der Waals surface area contributed by atoms with Crippen molar-refractivity contribution in [3.63, 3.8) is 0 Å². The SMILES string of the molecule is CCCOc1c(Br)cc(/C=C2\C(=O)ON=C2c2ccccc2)cc1OCC. The summed E-state index contributed by atoms with van der Waals surface area (Å²) in [6.45, 7) is 5.06. The molecule has 1 aliphatic heterocycles. The van der Waals surface area contributed by atoms with Crippen molar-refractivity contribution in [1.29, 1.82) is 0 Å². The topological polar surface area (TPSA) is 57.1 Å². The van der Waals surface area contributed by atoms with E-state index in [1.165, 1.54) is 0 Å². The third-order valence-electron chi connectivity index (χ3n) is 3.84. The fourth-order valence-electron chi connectivity index (χ4n) is 2.66. The van der Waals surface area contributed by atoms with E-state index in [0.29, 0.717) is 36.0 Å². The van der Waals surface area contributed by atoms with E-state index in [9.17, 15) is 4.79 Å². The minimum atomic E-state index is -0.478. The van der Waals surface area contributed by atoms with Gasteiger partial charge >= 0.3 is 5.97 Å². The summed E-state index contributed by atoms with van der Waals surface area (Å²) in [7, 11) is 0. The molecule has 0 radical (unpaired) electrons. The number of benzene rings is 2. The first-order chi connectivity index (χ1) is 13.1. The first-order valence-corrected chi connectivity index (χ1v) is 9.59. The zero-order chi connectivity index (χ0) is 19.2. The van der Waals surface area contributed by atoms with Gasteiger partial charge in [0.1, 0.15) is 5.71 Å². The van der Waals surface area contributed by atoms with Crippen LogP contribution in [0.4, 0.5) is 0 Å². The molecule has 0 unspecified atom stereocenters. The summed E-state index contributed by atoms with van der Waals surface area (Å²) in [6.07, 6.45) is 2.64. The van der Waals surface area contributed by atoms with Crippen molar-refractivity contribution < 1.29 is 19.1 Å². The van der Waals surface area contributed by atoms with Crippen LogP contribution in [0.25, 0.3) is 6.08 Å². The van der Waals surface area contributed by atoms with Gasteiger partial charge in [0.05, 0.1) is 23.3 Å². The maximum absolute atomic E-state index is 12.2. The lowest BCUT2D eigenvalue weighted by Gasteiger charge is -2.14. The van der Waals surface area contributed by atoms with Gasteiger partial charge in [-0.05, 0) is 53.0 Å². The van der Waals surface area contributed by atoms with Crippen LogP contribution in [0.2, 0.25) is 0 Å². The van der Waals surface area contributed by atoms with Gasteiger partial charge in [0.15, 0.2) is 11.5 Å². The second-order valence-electron chi connectivity index (χ2n) is 5.85. The van der Waals surface area contributed by atoms with E-state index in [0.717, 1.165) is 22.0 Å². The van der Waals surface area contributed by atoms with E-state index in [2.05, 4.69) is 21.1 Å². The smallest absolute Gasteiger partial charge is 0.368 e. The van der Waals surface area contributed by atoms with Crippen molar-refractivity contribution in [2.75, 3.05) is 13.2 Å². The number of halogens is 1. The largest absolute Gasteiger partial charge is 0.490 e. The summed E-state index contributed by atoms with van der Waals surface area (Å²) in [5, 5.41) is 3.93. The number of ether oxygens (including phenoxy) is 2. The highest BCUT2D eigenvalue weighted by atomic mass is 79.9. The molecule has 1 heterocycles. The molecule has 2 aromatic carbocycles. The van der Waals surface area contributed by atoms with E-state index in [-0.39, 0.29) is 0 Å². The molecule has 0 amide bonds. The van der Waals surface area contributed by atoms with E-state index in [1.54, 1.807) is 6.08 Å². The third-order valence-corrected chi connectivity index (χ3v) is 4.42. The molecule has 0 aromatic heterocycles. The standard InChI is InChI=1S/C21H20BrNO4/c1-3-10-26-20-17(22)12-14(13-18(20)25-4-2)11-16-19(23-27-21(16)24)15-8-6-5-7-9-15/h5-9,11-13H,3-4,10H2,1-2H3/b16-11-. The summed E-state index contributed by atoms with van der Waals surface area (Å²) < 4.78 is 12.3. The predicted octanol–water partition coefficient (Wildman–Crippen LogP) is 4.98. The van der Waals surface area contributed by atoms with Crippen LogP contribution < -0.4 is 9.47 Å². The average Bonchev–Trinajstić information content (AvgIpc) is 3.03. The van der Waals surface area contributed by atoms with Crippen LogP contribution in [-0.2, 0) is 9.63 Å². The Hall–Kier alpha value is -2.60. The van der Waals surface area contributed by atoms with Gasteiger partial charge in [0.25, 0.3) is 0 Å². The summed E-state index contributed by atoms with van der Waals surface area (Å²) in [4.78, 5) is 17.1. The van der Waals surface area contributed by atoms with Crippen molar-refractivity contribution in [2.24, 2.45) is 5.16 Å². The van der Waals surface area contributed by atoms with Crippen molar-refractivity contribution in [3.8, 4) is 11.5 Å². The van der Waals surface area contributed by atoms with Crippen molar-refractivity contribution in [3.05, 3.63) is 63.6 Å². The molecule has 27 heavy (non-hydrogen) atoms. The zero-order valence-corrected chi connectivity index (χ0v) is 16.8. The maximum Gasteiger partial charge on any atom is 0.368 e. The normalized spacial score (nSPS) is 14.9. The molecule has 140 valence electrons. The Morgan fingerprint density at radius 3 is 2.63 bits per heavy atom. The fourth-order valence-corrected chi connectivity index (χ4v) is 3.23. The molecule has 6 heteroatoms. The minimum Gasteiger partial charge on any atom is -0.490 e. The maximum atomic E-state index is 12.2. The summed E-state index contributed by atoms with van der Waals surface area (Å²) in [5.74, 6) is 0.804. The lowest BCUT2D eigenvalue weighted by Crippen LogP contribution is -2.07. The molecule has 0 saturated heterocycles. The van der Waals surface area contributed by atoms with Crippen LogP contribution in [-0.4, -0.2) is 24.9 Å². The van der Waals surface area contributed by atoms with Crippen LogP contribution in [0.1, 0.15) is 31.4 Å². The van der Waals surface area contributed by atoms with Crippen molar-refractivity contribution in [1.82, 2.24) is 0 Å². The molecule has 3 rings (SSSR count). The Morgan fingerprint density at radius 2 is 1.93 bits per heavy atom. The quantitative estimate of drug-likeness (QED) is 0.459. The highest BCUT2D eigenvalue weighted by Crippen LogP contribution is 2.38. The molecule has 2 aromatic rings. The molecule has 0 saturated carbocycles. The summed E-state index contributed by atoms with van der Waals surface area (Å²) in [6, 6.07) is 13.2. The zero-order valence-electron chi connectivity index (χ0n) is 15.2. The van der Waals surface area contributed by atoms with Gasteiger partial charge in [-0.3, -0.25) is 0 Å². The molecule has 0 fully saturated rings. The van der Waals surface area contributed by atoms with Gasteiger partial charge in [-0.15, -0.1) is 0 Å². The van der Waals surface area contributed by atoms with E-state index >= 15 is 0 Å². The number of oxime groups is 1. The first-order valence-electron chi connectivity index (χ1n) is 8.80. The molecule has 0 atom stereocenters. The van der Waals surface area contributed by atoms with E-state index in [1.807, 2.05) is 56.3 Å². The summed E-state index contributed by atoms with van der Waals surface area (Å²) >= 11 is 3.54. The Morgan fingerprint density at radius 1 is 1.15 bits per heavy atom. The Labute approximate surface area is 166 Å². The number of hydrogen-bond acceptors (Lipinski definition) is 5. The van der Waals surface area contributed by atoms with Gasteiger partial charge in [0.2, 0.25) is 0 Å². The molecular weight excluding hydrogens is 410 g/mol. The van der Waals surface area contributed by atoms with Gasteiger partial charge in [0, 0.05) is 5.56 Å². The van der Waals surface area contributed by atoms with Crippen molar-refractivity contribution in [2.45, 2.75) is 20.3 Å². The lowest BCUT2D eigenvalue weighted by atomic mass is 10.0. The molecule has 0 bridgehead atoms. The second kappa shape index (κ2) is 8.86. The van der Waals surface area contributed by atoms with Gasteiger partial charge in [-0.25, -0.2) is 4.79 Å². The van der Waals surface area contributed by atoms with Crippen molar-refractivity contribution >= 4 is 33.7 Å². The Bertz CT molecular complexity index is 891. The Kier molecular flexibility index (Phi) is 6.29. The average molecular weight is 430 g/mol. The van der Waals surface area contributed by atoms with E-state index < -0.39 is 5.97 Å². The van der Waals surface area contributed by atoms with Crippen LogP contribution in [0, 0.1) is 0 Å². The molecule has 0 N–H and O–H groups in total. The van der Waals surface area contributed by atoms with Crippen LogP contribution in [0.5, 0.6) is 11.5 Å². The predicted molar refractivity (Wildman–Crippen MR) is 108 cm³/mol. The minimum absolute atomic E-state index is 0.401. The van der Waals surface area contributed by atoms with E-state index in [4.69, 9.17) is 14.3 Å². The molecule has 0 spiro atoms. The van der Waals surface area contributed by atoms with Gasteiger partial charge in [-0.2, -0.15) is 0 Å². The molecule has 1 aliphatic rings. The van der Waals surface area contributed by atoms with Gasteiger partial charge in [-0.1, -0.05) is 42.4 Å². The van der Waals surface area contributed by atoms with Gasteiger partial charge < -0.3 is 14.3 Å². The number of carbonyl (C=O) groups excluding carboxylic acids is 1. The number of carbonyl (C=O) groups is 1. The number of rotatable bonds is 7. The highest BCUT2D eigenvalue weighted by molar-refractivity contribution is 9.10. The number of nitrogens with zero attached hydrogens (tertiary/aromatic N) is 1. The molecule has 5 nitrogen and oxygen atoms in total. The lowest BCUT2D eigenvalue weighted by molar-refractivity contribution is -0.136.